The van der Waals surface area contributed by atoms with Crippen LogP contribution in [-0.2, 0) is 11.2 Å². The standard InChI is InChI=1S/C17H23F2N3O/c18-14-10-12-2-3-17(23)22(16(12)11-15(14)19)7-1-6-21-8-4-13(20)5-9-21/h10-11,13H,1-9,20H2. The second kappa shape index (κ2) is 6.93. The molecule has 6 heteroatoms. The highest BCUT2D eigenvalue weighted by Crippen LogP contribution is 2.30. The van der Waals surface area contributed by atoms with Crippen molar-refractivity contribution in [2.75, 3.05) is 31.1 Å². The molecule has 3 rings (SSSR count). The molecule has 0 aromatic heterocycles. The first-order valence-corrected chi connectivity index (χ1v) is 8.31. The molecule has 1 aromatic rings. The second-order valence-corrected chi connectivity index (χ2v) is 6.47. The molecule has 23 heavy (non-hydrogen) atoms. The zero-order valence-corrected chi connectivity index (χ0v) is 13.2. The molecule has 2 aliphatic heterocycles. The quantitative estimate of drug-likeness (QED) is 0.923. The Hall–Kier alpha value is -1.53. The minimum atomic E-state index is -0.895. The number of fused-ring (bicyclic) bond motifs is 1. The van der Waals surface area contributed by atoms with Crippen LogP contribution in [0, 0.1) is 11.6 Å². The monoisotopic (exact) mass is 323 g/mol. The van der Waals surface area contributed by atoms with Gasteiger partial charge in [-0.25, -0.2) is 8.78 Å². The van der Waals surface area contributed by atoms with Gasteiger partial charge in [-0.1, -0.05) is 0 Å². The molecule has 0 atom stereocenters. The molecule has 0 unspecified atom stereocenters. The molecule has 1 fully saturated rings. The van der Waals surface area contributed by atoms with E-state index >= 15 is 0 Å². The van der Waals surface area contributed by atoms with E-state index in [0.29, 0.717) is 36.7 Å². The number of rotatable bonds is 4. The van der Waals surface area contributed by atoms with Gasteiger partial charge in [0, 0.05) is 30.8 Å². The van der Waals surface area contributed by atoms with Gasteiger partial charge in [-0.3, -0.25) is 4.79 Å². The topological polar surface area (TPSA) is 49.6 Å². The number of piperidine rings is 1. The molecular formula is C17H23F2N3O. The van der Waals surface area contributed by atoms with E-state index in [9.17, 15) is 13.6 Å². The lowest BCUT2D eigenvalue weighted by atomic mass is 10.0. The molecule has 2 aliphatic rings. The van der Waals surface area contributed by atoms with Crippen molar-refractivity contribution in [2.45, 2.75) is 38.1 Å². The number of carbonyl (C=O) groups is 1. The summed E-state index contributed by atoms with van der Waals surface area (Å²) in [5, 5.41) is 0. The highest BCUT2D eigenvalue weighted by Gasteiger charge is 2.26. The lowest BCUT2D eigenvalue weighted by Crippen LogP contribution is -2.42. The summed E-state index contributed by atoms with van der Waals surface area (Å²) in [5.41, 5.74) is 7.14. The van der Waals surface area contributed by atoms with Gasteiger partial charge >= 0.3 is 0 Å². The number of benzene rings is 1. The zero-order valence-electron chi connectivity index (χ0n) is 13.2. The van der Waals surface area contributed by atoms with Gasteiger partial charge < -0.3 is 15.5 Å². The van der Waals surface area contributed by atoms with Crippen LogP contribution in [0.25, 0.3) is 0 Å². The van der Waals surface area contributed by atoms with Crippen molar-refractivity contribution in [3.63, 3.8) is 0 Å². The van der Waals surface area contributed by atoms with E-state index in [1.165, 1.54) is 6.07 Å². The molecule has 1 saturated heterocycles. The molecule has 2 N–H and O–H groups in total. The lowest BCUT2D eigenvalue weighted by molar-refractivity contribution is -0.118. The SMILES string of the molecule is NC1CCN(CCCN2C(=O)CCc3cc(F)c(F)cc32)CC1. The predicted octanol–water partition coefficient (Wildman–Crippen LogP) is 2.06. The third kappa shape index (κ3) is 3.70. The van der Waals surface area contributed by atoms with Crippen molar-refractivity contribution in [1.29, 1.82) is 0 Å². The number of aryl methyl sites for hydroxylation is 1. The van der Waals surface area contributed by atoms with Crippen molar-refractivity contribution in [1.82, 2.24) is 4.90 Å². The van der Waals surface area contributed by atoms with Crippen LogP contribution in [0.5, 0.6) is 0 Å². The van der Waals surface area contributed by atoms with Crippen LogP contribution in [0.4, 0.5) is 14.5 Å². The summed E-state index contributed by atoms with van der Waals surface area (Å²) in [5.74, 6) is -1.75. The van der Waals surface area contributed by atoms with Crippen molar-refractivity contribution in [3.05, 3.63) is 29.3 Å². The first kappa shape index (κ1) is 16.3. The Labute approximate surface area is 135 Å². The Kier molecular flexibility index (Phi) is 4.92. The number of carbonyl (C=O) groups excluding carboxylic acids is 1. The molecule has 0 saturated carbocycles. The number of anilines is 1. The van der Waals surface area contributed by atoms with Crippen LogP contribution in [0.2, 0.25) is 0 Å². The Morgan fingerprint density at radius 3 is 2.52 bits per heavy atom. The molecule has 0 radical (unpaired) electrons. The summed E-state index contributed by atoms with van der Waals surface area (Å²) in [4.78, 5) is 16.1. The average Bonchev–Trinajstić information content (AvgIpc) is 2.53. The van der Waals surface area contributed by atoms with Gasteiger partial charge in [-0.05, 0) is 56.9 Å². The Bertz CT molecular complexity index is 585. The minimum Gasteiger partial charge on any atom is -0.328 e. The van der Waals surface area contributed by atoms with E-state index in [2.05, 4.69) is 4.90 Å². The van der Waals surface area contributed by atoms with Crippen LogP contribution in [-0.4, -0.2) is 43.0 Å². The molecule has 0 spiro atoms. The van der Waals surface area contributed by atoms with Gasteiger partial charge in [0.05, 0.1) is 0 Å². The van der Waals surface area contributed by atoms with E-state index in [-0.39, 0.29) is 5.91 Å². The van der Waals surface area contributed by atoms with Crippen LogP contribution >= 0.6 is 0 Å². The van der Waals surface area contributed by atoms with E-state index in [4.69, 9.17) is 5.73 Å². The summed E-state index contributed by atoms with van der Waals surface area (Å²) in [7, 11) is 0. The maximum atomic E-state index is 13.5. The summed E-state index contributed by atoms with van der Waals surface area (Å²) < 4.78 is 26.9. The number of nitrogens with zero attached hydrogens (tertiary/aromatic N) is 2. The fourth-order valence-electron chi connectivity index (χ4n) is 3.41. The highest BCUT2D eigenvalue weighted by molar-refractivity contribution is 5.96. The number of amides is 1. The number of halogens is 2. The number of hydrogen-bond donors (Lipinski definition) is 1. The Morgan fingerprint density at radius 2 is 1.78 bits per heavy atom. The number of hydrogen-bond acceptors (Lipinski definition) is 3. The van der Waals surface area contributed by atoms with E-state index in [1.807, 2.05) is 0 Å². The molecule has 2 heterocycles. The Balaban J connectivity index is 1.61. The van der Waals surface area contributed by atoms with Gasteiger partial charge in [-0.15, -0.1) is 0 Å². The molecular weight excluding hydrogens is 300 g/mol. The van der Waals surface area contributed by atoms with E-state index < -0.39 is 11.6 Å². The van der Waals surface area contributed by atoms with Crippen molar-refractivity contribution in [2.24, 2.45) is 5.73 Å². The fraction of sp³-hybridized carbons (Fsp3) is 0.588. The van der Waals surface area contributed by atoms with Gasteiger partial charge in [0.1, 0.15) is 0 Å². The zero-order chi connectivity index (χ0) is 16.4. The summed E-state index contributed by atoms with van der Waals surface area (Å²) in [6.07, 6.45) is 3.67. The highest BCUT2D eigenvalue weighted by atomic mass is 19.2. The maximum Gasteiger partial charge on any atom is 0.227 e. The summed E-state index contributed by atoms with van der Waals surface area (Å²) in [6.45, 7) is 3.42. The van der Waals surface area contributed by atoms with Gasteiger partial charge in [0.25, 0.3) is 0 Å². The Morgan fingerprint density at radius 1 is 1.09 bits per heavy atom. The first-order chi connectivity index (χ1) is 11.0. The average molecular weight is 323 g/mol. The molecule has 1 amide bonds. The van der Waals surface area contributed by atoms with Crippen LogP contribution in [0.1, 0.15) is 31.2 Å². The molecule has 0 bridgehead atoms. The molecule has 0 aliphatic carbocycles. The van der Waals surface area contributed by atoms with E-state index in [0.717, 1.165) is 45.0 Å². The maximum absolute atomic E-state index is 13.5. The van der Waals surface area contributed by atoms with E-state index in [1.54, 1.807) is 4.90 Å². The first-order valence-electron chi connectivity index (χ1n) is 8.31. The van der Waals surface area contributed by atoms with Crippen molar-refractivity contribution < 1.29 is 13.6 Å². The van der Waals surface area contributed by atoms with Crippen LogP contribution < -0.4 is 10.6 Å². The van der Waals surface area contributed by atoms with Crippen LogP contribution in [0.3, 0.4) is 0 Å². The molecule has 4 nitrogen and oxygen atoms in total. The molecule has 1 aromatic carbocycles. The lowest BCUT2D eigenvalue weighted by Gasteiger charge is -2.32. The largest absolute Gasteiger partial charge is 0.328 e. The normalized spacial score (nSPS) is 20.0. The van der Waals surface area contributed by atoms with Gasteiger partial charge in [0.15, 0.2) is 11.6 Å². The van der Waals surface area contributed by atoms with Gasteiger partial charge in [-0.2, -0.15) is 0 Å². The van der Waals surface area contributed by atoms with Crippen molar-refractivity contribution >= 4 is 11.6 Å². The molecule has 126 valence electrons. The number of nitrogens with two attached hydrogens (primary N) is 1. The van der Waals surface area contributed by atoms with Gasteiger partial charge in [0.2, 0.25) is 5.91 Å². The second-order valence-electron chi connectivity index (χ2n) is 6.47. The fourth-order valence-corrected chi connectivity index (χ4v) is 3.41. The summed E-state index contributed by atoms with van der Waals surface area (Å²) in [6, 6.07) is 2.68. The predicted molar refractivity (Wildman–Crippen MR) is 85.3 cm³/mol. The number of likely N-dealkylation sites (tertiary alicyclic amines) is 1. The van der Waals surface area contributed by atoms with Crippen LogP contribution in [0.15, 0.2) is 12.1 Å². The third-order valence-electron chi connectivity index (χ3n) is 4.81. The smallest absolute Gasteiger partial charge is 0.227 e. The van der Waals surface area contributed by atoms with Crippen molar-refractivity contribution in [3.8, 4) is 0 Å². The minimum absolute atomic E-state index is 0.0100. The third-order valence-corrected chi connectivity index (χ3v) is 4.81. The summed E-state index contributed by atoms with van der Waals surface area (Å²) >= 11 is 0.